The quantitative estimate of drug-likeness (QED) is 0.791. The first-order valence-electron chi connectivity index (χ1n) is 4.62. The average Bonchev–Trinajstić information content (AvgIpc) is 2.12. The van der Waals surface area contributed by atoms with Crippen LogP contribution in [0.2, 0.25) is 0 Å². The van der Waals surface area contributed by atoms with Gasteiger partial charge in [-0.15, -0.1) is 0 Å². The van der Waals surface area contributed by atoms with Gasteiger partial charge in [0.15, 0.2) is 9.84 Å². The molecule has 0 aromatic heterocycles. The zero-order chi connectivity index (χ0) is 11.5. The highest BCUT2D eigenvalue weighted by atomic mass is 32.2. The summed E-state index contributed by atoms with van der Waals surface area (Å²) < 4.78 is 22.9. The van der Waals surface area contributed by atoms with Crippen molar-refractivity contribution in [1.29, 1.82) is 0 Å². The minimum atomic E-state index is -3.37. The number of hydrogen-bond donors (Lipinski definition) is 2. The molecule has 0 bridgehead atoms. The molecule has 1 aromatic carbocycles. The van der Waals surface area contributed by atoms with Gasteiger partial charge in [-0.3, -0.25) is 0 Å². The van der Waals surface area contributed by atoms with E-state index < -0.39 is 9.84 Å². The molecule has 15 heavy (non-hydrogen) atoms. The Morgan fingerprint density at radius 3 is 2.60 bits per heavy atom. The van der Waals surface area contributed by atoms with E-state index in [-0.39, 0.29) is 10.6 Å². The fourth-order valence-corrected chi connectivity index (χ4v) is 2.55. The van der Waals surface area contributed by atoms with Crippen LogP contribution >= 0.6 is 0 Å². The topological polar surface area (TPSA) is 66.4 Å². The lowest BCUT2D eigenvalue weighted by molar-refractivity contribution is 0.457. The summed E-state index contributed by atoms with van der Waals surface area (Å²) in [6, 6.07) is 4.75. The molecular formula is C10H15NO3S. The van der Waals surface area contributed by atoms with E-state index in [1.54, 1.807) is 19.2 Å². The van der Waals surface area contributed by atoms with Crippen LogP contribution in [0, 0.1) is 0 Å². The van der Waals surface area contributed by atoms with E-state index in [0.717, 1.165) is 6.26 Å². The van der Waals surface area contributed by atoms with Crippen molar-refractivity contribution in [2.45, 2.75) is 11.3 Å². The van der Waals surface area contributed by atoms with Crippen LogP contribution in [0.4, 0.5) is 0 Å². The molecule has 0 saturated carbocycles. The Morgan fingerprint density at radius 1 is 1.40 bits per heavy atom. The molecule has 84 valence electrons. The second-order valence-corrected chi connectivity index (χ2v) is 5.34. The van der Waals surface area contributed by atoms with Gasteiger partial charge in [0.25, 0.3) is 0 Å². The van der Waals surface area contributed by atoms with Gasteiger partial charge in [-0.1, -0.05) is 12.1 Å². The Morgan fingerprint density at radius 2 is 2.07 bits per heavy atom. The number of sulfone groups is 1. The van der Waals surface area contributed by atoms with E-state index in [4.69, 9.17) is 0 Å². The van der Waals surface area contributed by atoms with Gasteiger partial charge in [-0.25, -0.2) is 8.42 Å². The molecule has 0 radical (unpaired) electrons. The SMILES string of the molecule is CNCCc1cccc(O)c1S(C)(=O)=O. The number of nitrogens with one attached hydrogen (secondary N) is 1. The first-order valence-corrected chi connectivity index (χ1v) is 6.51. The van der Waals surface area contributed by atoms with Crippen LogP contribution in [0.3, 0.4) is 0 Å². The van der Waals surface area contributed by atoms with Crippen LogP contribution in [-0.2, 0) is 16.3 Å². The van der Waals surface area contributed by atoms with Crippen LogP contribution < -0.4 is 5.32 Å². The standard InChI is InChI=1S/C10H15NO3S/c1-11-7-6-8-4-3-5-9(12)10(8)15(2,13)14/h3-5,11-12H,6-7H2,1-2H3. The molecule has 0 saturated heterocycles. The maximum Gasteiger partial charge on any atom is 0.179 e. The molecule has 0 fully saturated rings. The minimum absolute atomic E-state index is 0.0419. The Kier molecular flexibility index (Phi) is 3.71. The van der Waals surface area contributed by atoms with E-state index in [2.05, 4.69) is 5.32 Å². The number of phenolic OH excluding ortho intramolecular Hbond substituents is 1. The molecule has 5 heteroatoms. The Hall–Kier alpha value is -1.07. The Labute approximate surface area is 89.9 Å². The van der Waals surface area contributed by atoms with Gasteiger partial charge in [0.2, 0.25) is 0 Å². The summed E-state index contributed by atoms with van der Waals surface area (Å²) >= 11 is 0. The third-order valence-corrected chi connectivity index (χ3v) is 3.30. The van der Waals surface area contributed by atoms with Crippen LogP contribution in [-0.4, -0.2) is 33.4 Å². The lowest BCUT2D eigenvalue weighted by Gasteiger charge is -2.09. The van der Waals surface area contributed by atoms with Gasteiger partial charge >= 0.3 is 0 Å². The van der Waals surface area contributed by atoms with Gasteiger partial charge in [-0.05, 0) is 31.6 Å². The summed E-state index contributed by atoms with van der Waals surface area (Å²) in [7, 11) is -1.58. The fraction of sp³-hybridized carbons (Fsp3) is 0.400. The van der Waals surface area contributed by atoms with E-state index in [1.165, 1.54) is 6.07 Å². The maximum absolute atomic E-state index is 11.5. The average molecular weight is 229 g/mol. The highest BCUT2D eigenvalue weighted by Crippen LogP contribution is 2.26. The van der Waals surface area contributed by atoms with E-state index >= 15 is 0 Å². The highest BCUT2D eigenvalue weighted by Gasteiger charge is 2.17. The molecule has 0 atom stereocenters. The van der Waals surface area contributed by atoms with Crippen molar-refractivity contribution in [2.75, 3.05) is 19.8 Å². The smallest absolute Gasteiger partial charge is 0.179 e. The molecule has 0 amide bonds. The lowest BCUT2D eigenvalue weighted by Crippen LogP contribution is -2.12. The highest BCUT2D eigenvalue weighted by molar-refractivity contribution is 7.90. The Balaban J connectivity index is 3.21. The second-order valence-electron chi connectivity index (χ2n) is 3.39. The predicted octanol–water partition coefficient (Wildman–Crippen LogP) is 0.558. The molecule has 1 aromatic rings. The number of likely N-dealkylation sites (N-methyl/N-ethyl adjacent to an activating group) is 1. The monoisotopic (exact) mass is 229 g/mol. The van der Waals surface area contributed by atoms with Crippen molar-refractivity contribution in [3.63, 3.8) is 0 Å². The number of aromatic hydroxyl groups is 1. The first-order chi connectivity index (χ1) is 6.96. The zero-order valence-corrected chi connectivity index (χ0v) is 9.63. The van der Waals surface area contributed by atoms with Crippen LogP contribution in [0.5, 0.6) is 5.75 Å². The van der Waals surface area contributed by atoms with Crippen molar-refractivity contribution in [2.24, 2.45) is 0 Å². The van der Waals surface area contributed by atoms with Crippen molar-refractivity contribution in [1.82, 2.24) is 5.32 Å². The normalized spacial score (nSPS) is 11.6. The van der Waals surface area contributed by atoms with Crippen molar-refractivity contribution >= 4 is 9.84 Å². The molecule has 0 heterocycles. The summed E-state index contributed by atoms with van der Waals surface area (Å²) in [5.41, 5.74) is 0.645. The molecular weight excluding hydrogens is 214 g/mol. The maximum atomic E-state index is 11.5. The molecule has 0 aliphatic carbocycles. The largest absolute Gasteiger partial charge is 0.507 e. The number of phenols is 1. The van der Waals surface area contributed by atoms with Gasteiger partial charge in [0, 0.05) is 6.26 Å². The molecule has 0 aliphatic heterocycles. The van der Waals surface area contributed by atoms with E-state index in [0.29, 0.717) is 18.5 Å². The molecule has 1 rings (SSSR count). The van der Waals surface area contributed by atoms with Crippen molar-refractivity contribution in [3.05, 3.63) is 23.8 Å². The second kappa shape index (κ2) is 4.63. The minimum Gasteiger partial charge on any atom is -0.507 e. The lowest BCUT2D eigenvalue weighted by atomic mass is 10.1. The molecule has 0 unspecified atom stereocenters. The van der Waals surface area contributed by atoms with Gasteiger partial charge < -0.3 is 10.4 Å². The summed E-state index contributed by atoms with van der Waals surface area (Å²) in [6.45, 7) is 0.673. The van der Waals surface area contributed by atoms with Crippen LogP contribution in [0.25, 0.3) is 0 Å². The summed E-state index contributed by atoms with van der Waals surface area (Å²) in [5, 5.41) is 12.5. The van der Waals surface area contributed by atoms with E-state index in [9.17, 15) is 13.5 Å². The van der Waals surface area contributed by atoms with Gasteiger partial charge in [-0.2, -0.15) is 0 Å². The Bertz CT molecular complexity index is 440. The number of benzene rings is 1. The van der Waals surface area contributed by atoms with Gasteiger partial charge in [0.05, 0.1) is 0 Å². The first kappa shape index (κ1) is 12.0. The summed E-state index contributed by atoms with van der Waals surface area (Å²) in [4.78, 5) is 0.0419. The van der Waals surface area contributed by atoms with Crippen LogP contribution in [0.1, 0.15) is 5.56 Å². The molecule has 0 aliphatic rings. The van der Waals surface area contributed by atoms with E-state index in [1.807, 2.05) is 0 Å². The van der Waals surface area contributed by atoms with Crippen molar-refractivity contribution in [3.8, 4) is 5.75 Å². The predicted molar refractivity (Wildman–Crippen MR) is 58.8 cm³/mol. The zero-order valence-electron chi connectivity index (χ0n) is 8.82. The molecule has 0 spiro atoms. The summed E-state index contributed by atoms with van der Waals surface area (Å²) in [5.74, 6) is -0.175. The van der Waals surface area contributed by atoms with Crippen LogP contribution in [0.15, 0.2) is 23.1 Å². The fourth-order valence-electron chi connectivity index (χ4n) is 1.46. The third-order valence-electron chi connectivity index (χ3n) is 2.09. The van der Waals surface area contributed by atoms with Gasteiger partial charge in [0.1, 0.15) is 10.6 Å². The molecule has 2 N–H and O–H groups in total. The number of hydrogen-bond acceptors (Lipinski definition) is 4. The summed E-state index contributed by atoms with van der Waals surface area (Å²) in [6.07, 6.45) is 1.68. The van der Waals surface area contributed by atoms with Crippen molar-refractivity contribution < 1.29 is 13.5 Å². The third kappa shape index (κ3) is 2.94. The molecule has 4 nitrogen and oxygen atoms in total. The number of rotatable bonds is 4.